The fourth-order valence-electron chi connectivity index (χ4n) is 2.23. The molecule has 0 unspecified atom stereocenters. The van der Waals surface area contributed by atoms with E-state index in [1.54, 1.807) is 4.90 Å². The van der Waals surface area contributed by atoms with Crippen molar-refractivity contribution in [3.05, 3.63) is 26.8 Å². The zero-order valence-corrected chi connectivity index (χ0v) is 16.0. The minimum atomic E-state index is -0.460. The fourth-order valence-corrected chi connectivity index (χ4v) is 2.85. The van der Waals surface area contributed by atoms with Crippen LogP contribution >= 0.6 is 34.2 Å². The lowest BCUT2D eigenvalue weighted by atomic mass is 10.1. The van der Waals surface area contributed by atoms with Crippen LogP contribution in [0.25, 0.3) is 0 Å². The van der Waals surface area contributed by atoms with Crippen LogP contribution in [-0.2, 0) is 4.74 Å². The van der Waals surface area contributed by atoms with Gasteiger partial charge < -0.3 is 14.4 Å². The van der Waals surface area contributed by atoms with Crippen molar-refractivity contribution in [1.29, 1.82) is 0 Å². The van der Waals surface area contributed by atoms with Gasteiger partial charge in [0.25, 0.3) is 0 Å². The molecule has 0 aliphatic carbocycles. The van der Waals surface area contributed by atoms with Crippen molar-refractivity contribution in [3.63, 3.8) is 0 Å². The van der Waals surface area contributed by atoms with Gasteiger partial charge in [-0.25, -0.2) is 4.79 Å². The molecule has 2 rings (SSSR count). The molecule has 1 aliphatic rings. The Kier molecular flexibility index (Phi) is 5.82. The number of hydrogen-bond acceptors (Lipinski definition) is 3. The predicted octanol–water partition coefficient (Wildman–Crippen LogP) is 4.72. The summed E-state index contributed by atoms with van der Waals surface area (Å²) in [5.41, 5.74) is -0.460. The van der Waals surface area contributed by atoms with Crippen LogP contribution in [0.5, 0.6) is 5.75 Å². The summed E-state index contributed by atoms with van der Waals surface area (Å²) in [6.07, 6.45) is 1.38. The average Bonchev–Trinajstić information content (AvgIpc) is 2.42. The van der Waals surface area contributed by atoms with Crippen LogP contribution in [0.15, 0.2) is 18.2 Å². The molecule has 1 aliphatic heterocycles. The first kappa shape index (κ1) is 17.7. The van der Waals surface area contributed by atoms with E-state index in [2.05, 4.69) is 22.6 Å². The number of carbonyl (C=O) groups is 1. The van der Waals surface area contributed by atoms with E-state index in [9.17, 15) is 4.79 Å². The molecule has 22 heavy (non-hydrogen) atoms. The van der Waals surface area contributed by atoms with E-state index < -0.39 is 5.60 Å². The molecular formula is C16H21ClINO3. The maximum absolute atomic E-state index is 12.0. The fraction of sp³-hybridized carbons (Fsp3) is 0.562. The SMILES string of the molecule is CC(C)(C)OC(=O)N1CCC(Oc2cc(I)ccc2Cl)CC1. The van der Waals surface area contributed by atoms with Crippen LogP contribution in [0.2, 0.25) is 5.02 Å². The smallest absolute Gasteiger partial charge is 0.410 e. The Bertz CT molecular complexity index is 537. The monoisotopic (exact) mass is 437 g/mol. The molecule has 1 fully saturated rings. The third kappa shape index (κ3) is 5.19. The van der Waals surface area contributed by atoms with Gasteiger partial charge in [0.2, 0.25) is 0 Å². The number of ether oxygens (including phenoxy) is 2. The standard InChI is InChI=1S/C16H21ClINO3/c1-16(2,3)22-15(20)19-8-6-12(7-9-19)21-14-10-11(18)4-5-13(14)17/h4-5,10,12H,6-9H2,1-3H3. The van der Waals surface area contributed by atoms with Gasteiger partial charge in [-0.15, -0.1) is 0 Å². The second kappa shape index (κ2) is 7.25. The normalized spacial score (nSPS) is 16.5. The highest BCUT2D eigenvalue weighted by atomic mass is 127. The molecule has 0 spiro atoms. The number of likely N-dealkylation sites (tertiary alicyclic amines) is 1. The van der Waals surface area contributed by atoms with E-state index in [-0.39, 0.29) is 12.2 Å². The summed E-state index contributed by atoms with van der Waals surface area (Å²) in [5.74, 6) is 0.712. The Morgan fingerprint density at radius 3 is 2.55 bits per heavy atom. The summed E-state index contributed by atoms with van der Waals surface area (Å²) in [7, 11) is 0. The molecule has 1 heterocycles. The highest BCUT2D eigenvalue weighted by Crippen LogP contribution is 2.29. The predicted molar refractivity (Wildman–Crippen MR) is 95.6 cm³/mol. The van der Waals surface area contributed by atoms with Crippen LogP contribution in [0, 0.1) is 3.57 Å². The molecule has 0 bridgehead atoms. The number of hydrogen-bond donors (Lipinski definition) is 0. The van der Waals surface area contributed by atoms with Crippen LogP contribution in [0.3, 0.4) is 0 Å². The Labute approximate surface area is 150 Å². The zero-order valence-electron chi connectivity index (χ0n) is 13.1. The number of halogens is 2. The highest BCUT2D eigenvalue weighted by Gasteiger charge is 2.27. The first-order valence-corrected chi connectivity index (χ1v) is 8.80. The molecule has 1 saturated heterocycles. The van der Waals surface area contributed by atoms with E-state index in [0.717, 1.165) is 16.4 Å². The van der Waals surface area contributed by atoms with Gasteiger partial charge in [0.05, 0.1) is 5.02 Å². The summed E-state index contributed by atoms with van der Waals surface area (Å²) in [6.45, 7) is 6.90. The molecule has 0 radical (unpaired) electrons. The molecular weight excluding hydrogens is 417 g/mol. The lowest BCUT2D eigenvalue weighted by molar-refractivity contribution is 0.0126. The summed E-state index contributed by atoms with van der Waals surface area (Å²) in [6, 6.07) is 5.72. The molecule has 4 nitrogen and oxygen atoms in total. The zero-order chi connectivity index (χ0) is 16.3. The van der Waals surface area contributed by atoms with Crippen molar-refractivity contribution in [2.24, 2.45) is 0 Å². The van der Waals surface area contributed by atoms with Gasteiger partial charge >= 0.3 is 6.09 Å². The molecule has 1 aromatic carbocycles. The van der Waals surface area contributed by atoms with Crippen LogP contribution in [0.4, 0.5) is 4.79 Å². The number of amides is 1. The molecule has 6 heteroatoms. The Hall–Kier alpha value is -0.690. The number of piperidine rings is 1. The maximum Gasteiger partial charge on any atom is 0.410 e. The van der Waals surface area contributed by atoms with Gasteiger partial charge in [-0.3, -0.25) is 0 Å². The quantitative estimate of drug-likeness (QED) is 0.628. The third-order valence-corrected chi connectivity index (χ3v) is 4.26. The van der Waals surface area contributed by atoms with Gasteiger partial charge in [-0.2, -0.15) is 0 Å². The van der Waals surface area contributed by atoms with Crippen molar-refractivity contribution in [1.82, 2.24) is 4.90 Å². The van der Waals surface area contributed by atoms with Crippen molar-refractivity contribution >= 4 is 40.3 Å². The molecule has 0 N–H and O–H groups in total. The van der Waals surface area contributed by atoms with Crippen molar-refractivity contribution in [2.75, 3.05) is 13.1 Å². The minimum Gasteiger partial charge on any atom is -0.489 e. The number of benzene rings is 1. The van der Waals surface area contributed by atoms with E-state index in [0.29, 0.717) is 23.9 Å². The number of nitrogens with zero attached hydrogens (tertiary/aromatic N) is 1. The summed E-state index contributed by atoms with van der Waals surface area (Å²) in [4.78, 5) is 13.8. The van der Waals surface area contributed by atoms with E-state index >= 15 is 0 Å². The van der Waals surface area contributed by atoms with E-state index in [1.165, 1.54) is 0 Å². The number of rotatable bonds is 2. The molecule has 1 aromatic rings. The Morgan fingerprint density at radius 2 is 1.95 bits per heavy atom. The largest absolute Gasteiger partial charge is 0.489 e. The molecule has 0 atom stereocenters. The molecule has 0 aromatic heterocycles. The van der Waals surface area contributed by atoms with Gasteiger partial charge in [-0.05, 0) is 61.6 Å². The van der Waals surface area contributed by atoms with E-state index in [4.69, 9.17) is 21.1 Å². The lowest BCUT2D eigenvalue weighted by Crippen LogP contribution is -2.44. The van der Waals surface area contributed by atoms with Gasteiger partial charge in [0.15, 0.2) is 0 Å². The molecule has 122 valence electrons. The first-order chi connectivity index (χ1) is 10.2. The van der Waals surface area contributed by atoms with Crippen LogP contribution < -0.4 is 4.74 Å². The maximum atomic E-state index is 12.0. The third-order valence-electron chi connectivity index (χ3n) is 3.28. The lowest BCUT2D eigenvalue weighted by Gasteiger charge is -2.33. The Balaban J connectivity index is 1.87. The summed E-state index contributed by atoms with van der Waals surface area (Å²) < 4.78 is 12.5. The van der Waals surface area contributed by atoms with Crippen molar-refractivity contribution < 1.29 is 14.3 Å². The van der Waals surface area contributed by atoms with Gasteiger partial charge in [0, 0.05) is 29.5 Å². The first-order valence-electron chi connectivity index (χ1n) is 7.34. The van der Waals surface area contributed by atoms with Crippen LogP contribution in [0.1, 0.15) is 33.6 Å². The molecule has 1 amide bonds. The minimum absolute atomic E-state index is 0.0781. The van der Waals surface area contributed by atoms with Gasteiger partial charge in [0.1, 0.15) is 17.5 Å². The average molecular weight is 438 g/mol. The van der Waals surface area contributed by atoms with Gasteiger partial charge in [-0.1, -0.05) is 11.6 Å². The summed E-state index contributed by atoms with van der Waals surface area (Å²) >= 11 is 8.39. The van der Waals surface area contributed by atoms with E-state index in [1.807, 2.05) is 39.0 Å². The summed E-state index contributed by atoms with van der Waals surface area (Å²) in [5, 5.41) is 0.620. The number of carbonyl (C=O) groups excluding carboxylic acids is 1. The topological polar surface area (TPSA) is 38.8 Å². The van der Waals surface area contributed by atoms with Crippen molar-refractivity contribution in [2.45, 2.75) is 45.3 Å². The molecule has 0 saturated carbocycles. The van der Waals surface area contributed by atoms with Crippen molar-refractivity contribution in [3.8, 4) is 5.75 Å². The second-order valence-corrected chi connectivity index (χ2v) is 8.01. The second-order valence-electron chi connectivity index (χ2n) is 6.36. The Morgan fingerprint density at radius 1 is 1.32 bits per heavy atom. The highest BCUT2D eigenvalue weighted by molar-refractivity contribution is 14.1. The van der Waals surface area contributed by atoms with Crippen LogP contribution in [-0.4, -0.2) is 35.8 Å².